The van der Waals surface area contributed by atoms with Crippen LogP contribution in [0.2, 0.25) is 0 Å². The van der Waals surface area contributed by atoms with Crippen molar-refractivity contribution in [3.63, 3.8) is 0 Å². The van der Waals surface area contributed by atoms with Crippen LogP contribution in [0, 0.1) is 12.8 Å². The van der Waals surface area contributed by atoms with E-state index in [1.54, 1.807) is 6.07 Å². The van der Waals surface area contributed by atoms with Crippen LogP contribution in [0.4, 0.5) is 0 Å². The molecule has 1 aliphatic carbocycles. The summed E-state index contributed by atoms with van der Waals surface area (Å²) >= 11 is 0. The summed E-state index contributed by atoms with van der Waals surface area (Å²) in [6, 6.07) is 7.62. The van der Waals surface area contributed by atoms with Gasteiger partial charge in [-0.1, -0.05) is 25.0 Å². The van der Waals surface area contributed by atoms with Crippen LogP contribution in [0.5, 0.6) is 0 Å². The van der Waals surface area contributed by atoms with E-state index < -0.39 is 0 Å². The van der Waals surface area contributed by atoms with Crippen molar-refractivity contribution in [1.82, 2.24) is 4.90 Å². The van der Waals surface area contributed by atoms with Crippen LogP contribution in [-0.2, 0) is 11.3 Å². The van der Waals surface area contributed by atoms with Gasteiger partial charge in [0.15, 0.2) is 0 Å². The molecule has 2 heterocycles. The Bertz CT molecular complexity index is 873. The molecule has 0 bridgehead atoms. The second-order valence-corrected chi connectivity index (χ2v) is 7.53. The fourth-order valence-electron chi connectivity index (χ4n) is 4.72. The van der Waals surface area contributed by atoms with Crippen LogP contribution in [0.3, 0.4) is 0 Å². The van der Waals surface area contributed by atoms with Crippen molar-refractivity contribution in [1.29, 1.82) is 0 Å². The van der Waals surface area contributed by atoms with E-state index in [1.165, 1.54) is 19.3 Å². The Morgan fingerprint density at radius 1 is 1.28 bits per heavy atom. The predicted molar refractivity (Wildman–Crippen MR) is 96.1 cm³/mol. The monoisotopic (exact) mass is 340 g/mol. The van der Waals surface area contributed by atoms with Gasteiger partial charge in [-0.05, 0) is 49.3 Å². The predicted octanol–water partition coefficient (Wildman–Crippen LogP) is 2.72. The zero-order valence-corrected chi connectivity index (χ0v) is 14.5. The minimum absolute atomic E-state index is 0.235. The number of hydrogen-bond acceptors (Lipinski definition) is 4. The molecule has 0 spiro atoms. The zero-order chi connectivity index (χ0) is 17.6. The van der Waals surface area contributed by atoms with Crippen LogP contribution in [0.15, 0.2) is 33.5 Å². The molecule has 132 valence electrons. The Labute approximate surface area is 146 Å². The average molecular weight is 340 g/mol. The Morgan fingerprint density at radius 3 is 2.88 bits per heavy atom. The maximum atomic E-state index is 12.0. The summed E-state index contributed by atoms with van der Waals surface area (Å²) in [6.07, 6.45) is 5.55. The van der Waals surface area contributed by atoms with Crippen molar-refractivity contribution in [3.05, 3.63) is 45.8 Å². The molecule has 5 heteroatoms. The number of nitrogens with two attached hydrogens (primary N) is 1. The Kier molecular flexibility index (Phi) is 4.12. The van der Waals surface area contributed by atoms with E-state index in [4.69, 9.17) is 10.2 Å². The first-order chi connectivity index (χ1) is 12.0. The zero-order valence-electron chi connectivity index (χ0n) is 14.5. The summed E-state index contributed by atoms with van der Waals surface area (Å²) in [4.78, 5) is 26.3. The summed E-state index contributed by atoms with van der Waals surface area (Å²) in [7, 11) is 0. The number of nitrogens with zero attached hydrogens (tertiary/aromatic N) is 1. The summed E-state index contributed by atoms with van der Waals surface area (Å²) in [5, 5.41) is 0.938. The topological polar surface area (TPSA) is 76.5 Å². The summed E-state index contributed by atoms with van der Waals surface area (Å²) in [5.41, 5.74) is 7.93. The first kappa shape index (κ1) is 16.3. The second-order valence-electron chi connectivity index (χ2n) is 7.53. The minimum Gasteiger partial charge on any atom is -0.423 e. The lowest BCUT2D eigenvalue weighted by atomic mass is 9.84. The number of amides is 1. The Hall–Kier alpha value is -2.14. The highest BCUT2D eigenvalue weighted by Crippen LogP contribution is 2.40. The number of hydrogen-bond donors (Lipinski definition) is 1. The molecule has 2 aliphatic rings. The Balaban J connectivity index is 1.74. The number of carbonyl (C=O) groups excluding carboxylic acids is 1. The molecule has 1 aliphatic heterocycles. The Morgan fingerprint density at radius 2 is 2.08 bits per heavy atom. The molecule has 25 heavy (non-hydrogen) atoms. The highest BCUT2D eigenvalue weighted by molar-refractivity contribution is 5.82. The maximum Gasteiger partial charge on any atom is 0.336 e. The molecule has 1 amide bonds. The number of primary amides is 1. The van der Waals surface area contributed by atoms with Crippen molar-refractivity contribution in [3.8, 4) is 0 Å². The van der Waals surface area contributed by atoms with Crippen molar-refractivity contribution in [2.45, 2.75) is 57.7 Å². The number of rotatable bonds is 3. The van der Waals surface area contributed by atoms with Crippen molar-refractivity contribution < 1.29 is 9.21 Å². The number of likely N-dealkylation sites (tertiary alicyclic amines) is 1. The van der Waals surface area contributed by atoms with Gasteiger partial charge in [0.05, 0.1) is 6.04 Å². The van der Waals surface area contributed by atoms with Gasteiger partial charge in [0, 0.05) is 24.0 Å². The minimum atomic E-state index is -0.344. The second kappa shape index (κ2) is 6.30. The highest BCUT2D eigenvalue weighted by atomic mass is 16.4. The number of benzene rings is 1. The molecule has 0 radical (unpaired) electrons. The van der Waals surface area contributed by atoms with Crippen LogP contribution >= 0.6 is 0 Å². The molecule has 1 saturated carbocycles. The van der Waals surface area contributed by atoms with E-state index in [0.29, 0.717) is 24.1 Å². The van der Waals surface area contributed by atoms with Gasteiger partial charge in [-0.15, -0.1) is 0 Å². The molecule has 2 aromatic rings. The first-order valence-electron chi connectivity index (χ1n) is 9.11. The number of fused-ring (bicyclic) bond motifs is 2. The van der Waals surface area contributed by atoms with Crippen LogP contribution in [0.25, 0.3) is 11.0 Å². The van der Waals surface area contributed by atoms with Gasteiger partial charge in [-0.25, -0.2) is 4.79 Å². The largest absolute Gasteiger partial charge is 0.423 e. The summed E-state index contributed by atoms with van der Waals surface area (Å²) < 4.78 is 5.36. The molecule has 1 aromatic heterocycles. The third-order valence-electron chi connectivity index (χ3n) is 5.89. The van der Waals surface area contributed by atoms with Crippen LogP contribution in [-0.4, -0.2) is 22.9 Å². The van der Waals surface area contributed by atoms with Crippen LogP contribution in [0.1, 0.15) is 43.2 Å². The van der Waals surface area contributed by atoms with E-state index in [9.17, 15) is 9.59 Å². The molecule has 3 atom stereocenters. The molecular weight excluding hydrogens is 316 g/mol. The standard InChI is InChI=1S/C20H24N2O3/c1-12-6-7-15-14(10-19(23)25-18(15)8-12)11-22-16-5-3-2-4-13(16)9-17(22)20(21)24/h6-8,10,13,16-17H,2-5,9,11H2,1H3,(H2,21,24)/t13-,16+,17+/m1/s1. The average Bonchev–Trinajstić information content (AvgIpc) is 2.93. The number of aryl methyl sites for hydroxylation is 1. The third-order valence-corrected chi connectivity index (χ3v) is 5.89. The summed E-state index contributed by atoms with van der Waals surface area (Å²) in [6.45, 7) is 2.54. The van der Waals surface area contributed by atoms with Crippen molar-refractivity contribution >= 4 is 16.9 Å². The SMILES string of the molecule is Cc1ccc2c(CN3[C@H](C(N)=O)C[C@H]4CCCC[C@@H]43)cc(=O)oc2c1. The molecule has 2 fully saturated rings. The lowest BCUT2D eigenvalue weighted by molar-refractivity contribution is -0.122. The molecule has 5 nitrogen and oxygen atoms in total. The van der Waals surface area contributed by atoms with E-state index in [1.807, 2.05) is 25.1 Å². The fourth-order valence-corrected chi connectivity index (χ4v) is 4.72. The molecule has 1 aromatic carbocycles. The molecule has 2 N–H and O–H groups in total. The first-order valence-corrected chi connectivity index (χ1v) is 9.11. The van der Waals surface area contributed by atoms with E-state index in [-0.39, 0.29) is 17.6 Å². The number of carbonyl (C=O) groups is 1. The quantitative estimate of drug-likeness (QED) is 0.872. The lowest BCUT2D eigenvalue weighted by Gasteiger charge is -2.33. The van der Waals surface area contributed by atoms with E-state index >= 15 is 0 Å². The lowest BCUT2D eigenvalue weighted by Crippen LogP contribution is -2.44. The third kappa shape index (κ3) is 2.97. The maximum absolute atomic E-state index is 12.0. The van der Waals surface area contributed by atoms with E-state index in [2.05, 4.69) is 4.90 Å². The molecular formula is C20H24N2O3. The van der Waals surface area contributed by atoms with Gasteiger partial charge in [-0.2, -0.15) is 0 Å². The smallest absolute Gasteiger partial charge is 0.336 e. The van der Waals surface area contributed by atoms with Crippen LogP contribution < -0.4 is 11.4 Å². The highest BCUT2D eigenvalue weighted by Gasteiger charge is 2.44. The molecule has 0 unspecified atom stereocenters. The molecule has 4 rings (SSSR count). The van der Waals surface area contributed by atoms with Gasteiger partial charge < -0.3 is 10.2 Å². The summed E-state index contributed by atoms with van der Waals surface area (Å²) in [5.74, 6) is 0.289. The van der Waals surface area contributed by atoms with Gasteiger partial charge in [0.2, 0.25) is 5.91 Å². The fraction of sp³-hybridized carbons (Fsp3) is 0.500. The van der Waals surface area contributed by atoms with Gasteiger partial charge in [0.1, 0.15) is 5.58 Å². The van der Waals surface area contributed by atoms with E-state index in [0.717, 1.165) is 29.4 Å². The molecule has 1 saturated heterocycles. The van der Waals surface area contributed by atoms with Crippen molar-refractivity contribution in [2.75, 3.05) is 0 Å². The van der Waals surface area contributed by atoms with Gasteiger partial charge in [0.25, 0.3) is 0 Å². The van der Waals surface area contributed by atoms with Gasteiger partial charge >= 0.3 is 5.63 Å². The van der Waals surface area contributed by atoms with Crippen molar-refractivity contribution in [2.24, 2.45) is 11.7 Å². The normalized spacial score (nSPS) is 26.7. The van der Waals surface area contributed by atoms with Gasteiger partial charge in [-0.3, -0.25) is 9.69 Å².